The smallest absolute Gasteiger partial charge is 0.191 e. The lowest BCUT2D eigenvalue weighted by Crippen LogP contribution is -2.44. The van der Waals surface area contributed by atoms with E-state index in [1.165, 1.54) is 10.6 Å². The molecule has 0 amide bonds. The molecule has 1 heterocycles. The van der Waals surface area contributed by atoms with Crippen LogP contribution in [0.2, 0.25) is 0 Å². The zero-order valence-electron chi connectivity index (χ0n) is 15.1. The van der Waals surface area contributed by atoms with E-state index in [4.69, 9.17) is 0 Å². The van der Waals surface area contributed by atoms with E-state index >= 15 is 0 Å². The van der Waals surface area contributed by atoms with E-state index in [1.807, 2.05) is 7.05 Å². The van der Waals surface area contributed by atoms with Crippen molar-refractivity contribution < 1.29 is 0 Å². The van der Waals surface area contributed by atoms with Crippen LogP contribution in [0.25, 0.3) is 0 Å². The first kappa shape index (κ1) is 18.5. The maximum absolute atomic E-state index is 4.59. The summed E-state index contributed by atoms with van der Waals surface area (Å²) in [7, 11) is 1.81. The van der Waals surface area contributed by atoms with Crippen molar-refractivity contribution in [3.8, 4) is 0 Å². The summed E-state index contributed by atoms with van der Waals surface area (Å²) in [5, 5.41) is 10.2. The Morgan fingerprint density at radius 1 is 1.21 bits per heavy atom. The number of benzene rings is 1. The summed E-state index contributed by atoms with van der Waals surface area (Å²) in [5.74, 6) is 0.838. The van der Waals surface area contributed by atoms with E-state index in [0.29, 0.717) is 0 Å². The second-order valence-electron chi connectivity index (χ2n) is 6.44. The zero-order chi connectivity index (χ0) is 17.4. The molecule has 2 aromatic rings. The van der Waals surface area contributed by atoms with Crippen molar-refractivity contribution in [2.45, 2.75) is 39.0 Å². The fourth-order valence-corrected chi connectivity index (χ4v) is 3.23. The highest BCUT2D eigenvalue weighted by Gasteiger charge is 2.20. The van der Waals surface area contributed by atoms with Crippen LogP contribution in [0.15, 0.2) is 40.7 Å². The Kier molecular flexibility index (Phi) is 6.79. The van der Waals surface area contributed by atoms with Crippen LogP contribution in [-0.2, 0) is 18.3 Å². The molecule has 2 N–H and O–H groups in total. The van der Waals surface area contributed by atoms with Crippen LogP contribution < -0.4 is 10.6 Å². The number of nitrogens with zero attached hydrogens (tertiary/aromatic N) is 2. The summed E-state index contributed by atoms with van der Waals surface area (Å²) < 4.78 is 0. The summed E-state index contributed by atoms with van der Waals surface area (Å²) in [6.07, 6.45) is 1.93. The molecule has 5 heteroatoms. The molecule has 0 aliphatic rings. The van der Waals surface area contributed by atoms with Crippen LogP contribution in [-0.4, -0.2) is 31.1 Å². The molecule has 2 rings (SSSR count). The van der Waals surface area contributed by atoms with Gasteiger partial charge >= 0.3 is 0 Å². The highest BCUT2D eigenvalue weighted by molar-refractivity contribution is 7.09. The third-order valence-electron chi connectivity index (χ3n) is 4.05. The van der Waals surface area contributed by atoms with Crippen molar-refractivity contribution in [3.05, 3.63) is 52.0 Å². The van der Waals surface area contributed by atoms with E-state index in [9.17, 15) is 0 Å². The lowest BCUT2D eigenvalue weighted by atomic mass is 9.85. The number of nitrogens with one attached hydrogen (secondary N) is 2. The van der Waals surface area contributed by atoms with Crippen LogP contribution in [0.1, 0.15) is 37.0 Å². The third kappa shape index (κ3) is 5.34. The van der Waals surface area contributed by atoms with Gasteiger partial charge in [-0.25, -0.2) is 4.98 Å². The number of aryl methyl sites for hydroxylation is 1. The Morgan fingerprint density at radius 3 is 2.58 bits per heavy atom. The molecular weight excluding hydrogens is 316 g/mol. The van der Waals surface area contributed by atoms with E-state index in [-0.39, 0.29) is 5.41 Å². The molecule has 0 aliphatic heterocycles. The molecule has 1 aromatic carbocycles. The first-order chi connectivity index (χ1) is 11.5. The van der Waals surface area contributed by atoms with Gasteiger partial charge in [0.05, 0.1) is 10.7 Å². The van der Waals surface area contributed by atoms with Crippen molar-refractivity contribution in [2.24, 2.45) is 4.99 Å². The maximum atomic E-state index is 4.59. The number of rotatable bonds is 7. The van der Waals surface area contributed by atoms with E-state index in [0.717, 1.165) is 37.6 Å². The molecule has 0 atom stereocenters. The average Bonchev–Trinajstić information content (AvgIpc) is 3.06. The fourth-order valence-electron chi connectivity index (χ4n) is 2.45. The van der Waals surface area contributed by atoms with E-state index < -0.39 is 0 Å². The number of aliphatic imine (C=N–C) groups is 1. The van der Waals surface area contributed by atoms with Gasteiger partial charge in [0, 0.05) is 37.4 Å². The van der Waals surface area contributed by atoms with E-state index in [1.54, 1.807) is 11.3 Å². The minimum Gasteiger partial charge on any atom is -0.356 e. The summed E-state index contributed by atoms with van der Waals surface area (Å²) in [4.78, 5) is 8.91. The van der Waals surface area contributed by atoms with Crippen LogP contribution >= 0.6 is 11.3 Å². The molecule has 4 nitrogen and oxygen atoms in total. The van der Waals surface area contributed by atoms with E-state index in [2.05, 4.69) is 77.1 Å². The highest BCUT2D eigenvalue weighted by atomic mass is 32.1. The molecule has 130 valence electrons. The van der Waals surface area contributed by atoms with Crippen LogP contribution in [0.3, 0.4) is 0 Å². The minimum absolute atomic E-state index is 0.0455. The zero-order valence-corrected chi connectivity index (χ0v) is 15.9. The van der Waals surface area contributed by atoms with Gasteiger partial charge in [-0.1, -0.05) is 51.1 Å². The quantitative estimate of drug-likeness (QED) is 0.598. The molecule has 0 radical (unpaired) electrons. The monoisotopic (exact) mass is 344 g/mol. The third-order valence-corrected chi connectivity index (χ3v) is 5.09. The SMILES string of the molecule is CCc1nc(CCNC(=NC)NCC(C)(C)c2ccccc2)cs1. The number of guanidine groups is 1. The largest absolute Gasteiger partial charge is 0.356 e. The van der Waals surface area contributed by atoms with Crippen LogP contribution in [0.5, 0.6) is 0 Å². The molecule has 24 heavy (non-hydrogen) atoms. The Bertz CT molecular complexity index is 646. The molecule has 0 spiro atoms. The Hall–Kier alpha value is -1.88. The van der Waals surface area contributed by atoms with Crippen molar-refractivity contribution in [1.82, 2.24) is 15.6 Å². The minimum atomic E-state index is 0.0455. The topological polar surface area (TPSA) is 49.3 Å². The predicted octanol–water partition coefficient (Wildman–Crippen LogP) is 3.39. The number of hydrogen-bond acceptors (Lipinski definition) is 3. The lowest BCUT2D eigenvalue weighted by Gasteiger charge is -2.26. The van der Waals surface area contributed by atoms with Crippen LogP contribution in [0.4, 0.5) is 0 Å². The molecule has 0 bridgehead atoms. The second kappa shape index (κ2) is 8.83. The standard InChI is InChI=1S/C19H28N4S/c1-5-17-23-16(13-24-17)11-12-21-18(20-4)22-14-19(2,3)15-9-7-6-8-10-15/h6-10,13H,5,11-12,14H2,1-4H3,(H2,20,21,22). The summed E-state index contributed by atoms with van der Waals surface area (Å²) in [5.41, 5.74) is 2.52. The summed E-state index contributed by atoms with van der Waals surface area (Å²) >= 11 is 1.74. The maximum Gasteiger partial charge on any atom is 0.191 e. The van der Waals surface area contributed by atoms with Crippen molar-refractivity contribution in [2.75, 3.05) is 20.1 Å². The molecule has 0 aliphatic carbocycles. The first-order valence-electron chi connectivity index (χ1n) is 8.48. The Morgan fingerprint density at radius 2 is 1.96 bits per heavy atom. The van der Waals surface area contributed by atoms with Crippen molar-refractivity contribution >= 4 is 17.3 Å². The highest BCUT2D eigenvalue weighted by Crippen LogP contribution is 2.21. The van der Waals surface area contributed by atoms with Gasteiger partial charge in [0.25, 0.3) is 0 Å². The molecule has 0 saturated carbocycles. The van der Waals surface area contributed by atoms with Crippen molar-refractivity contribution in [3.63, 3.8) is 0 Å². The van der Waals surface area contributed by atoms with Gasteiger partial charge in [-0.3, -0.25) is 4.99 Å². The number of hydrogen-bond donors (Lipinski definition) is 2. The van der Waals surface area contributed by atoms with Crippen molar-refractivity contribution in [1.29, 1.82) is 0 Å². The normalized spacial score (nSPS) is 12.2. The molecule has 0 unspecified atom stereocenters. The second-order valence-corrected chi connectivity index (χ2v) is 7.38. The fraction of sp³-hybridized carbons (Fsp3) is 0.474. The first-order valence-corrected chi connectivity index (χ1v) is 9.36. The molecular formula is C19H28N4S. The molecule has 0 fully saturated rings. The van der Waals surface area contributed by atoms with Gasteiger partial charge in [-0.15, -0.1) is 11.3 Å². The molecule has 0 saturated heterocycles. The predicted molar refractivity (Wildman–Crippen MR) is 104 cm³/mol. The summed E-state index contributed by atoms with van der Waals surface area (Å²) in [6.45, 7) is 8.28. The van der Waals surface area contributed by atoms with Gasteiger partial charge in [-0.05, 0) is 12.0 Å². The van der Waals surface area contributed by atoms with Gasteiger partial charge < -0.3 is 10.6 Å². The van der Waals surface area contributed by atoms with Gasteiger partial charge in [-0.2, -0.15) is 0 Å². The van der Waals surface area contributed by atoms with Crippen LogP contribution in [0, 0.1) is 0 Å². The average molecular weight is 345 g/mol. The lowest BCUT2D eigenvalue weighted by molar-refractivity contribution is 0.508. The number of aromatic nitrogens is 1. The Labute approximate surface area is 149 Å². The van der Waals surface area contributed by atoms with Gasteiger partial charge in [0.15, 0.2) is 5.96 Å². The number of thiazole rings is 1. The van der Waals surface area contributed by atoms with Gasteiger partial charge in [0.1, 0.15) is 0 Å². The van der Waals surface area contributed by atoms with Gasteiger partial charge in [0.2, 0.25) is 0 Å². The molecule has 1 aromatic heterocycles. The summed E-state index contributed by atoms with van der Waals surface area (Å²) in [6, 6.07) is 10.6. The Balaban J connectivity index is 1.80.